The number of nitrogens with zero attached hydrogens (tertiary/aromatic N) is 1. The van der Waals surface area contributed by atoms with Gasteiger partial charge < -0.3 is 4.84 Å². The van der Waals surface area contributed by atoms with Crippen LogP contribution in [0.4, 0.5) is 0 Å². The van der Waals surface area contributed by atoms with Gasteiger partial charge in [0.1, 0.15) is 0 Å². The standard InChI is InChI=1S/C19H35NO/c1-5-8-9-10-11-12-14-19-17(7-3)15-16-18(13-6-2)20(19)21-4/h6-7,17-19H,2-3,5,8-16H2,1,4H3/t17-,18-,19-/m1/s1. The van der Waals surface area contributed by atoms with Crippen molar-refractivity contribution in [2.45, 2.75) is 83.2 Å². The van der Waals surface area contributed by atoms with Gasteiger partial charge in [0.15, 0.2) is 0 Å². The second kappa shape index (κ2) is 11.0. The summed E-state index contributed by atoms with van der Waals surface area (Å²) in [5.41, 5.74) is 0. The van der Waals surface area contributed by atoms with Crippen molar-refractivity contribution in [1.82, 2.24) is 5.06 Å². The molecule has 0 bridgehead atoms. The summed E-state index contributed by atoms with van der Waals surface area (Å²) in [5.74, 6) is 0.571. The number of hydrogen-bond acceptors (Lipinski definition) is 2. The summed E-state index contributed by atoms with van der Waals surface area (Å²) in [6.07, 6.45) is 16.9. The SMILES string of the molecule is C=CC[C@@H]1CC[C@@H](C=C)[C@@H](CCCCCCCC)N1OC. The molecule has 1 aliphatic rings. The van der Waals surface area contributed by atoms with Crippen LogP contribution >= 0.6 is 0 Å². The van der Waals surface area contributed by atoms with E-state index in [1.165, 1.54) is 57.8 Å². The molecule has 122 valence electrons. The van der Waals surface area contributed by atoms with Crippen LogP contribution in [0.5, 0.6) is 0 Å². The fraction of sp³-hybridized carbons (Fsp3) is 0.789. The molecule has 3 atom stereocenters. The fourth-order valence-electron chi connectivity index (χ4n) is 3.61. The van der Waals surface area contributed by atoms with Crippen molar-refractivity contribution < 1.29 is 4.84 Å². The summed E-state index contributed by atoms with van der Waals surface area (Å²) in [4.78, 5) is 5.73. The molecule has 21 heavy (non-hydrogen) atoms. The predicted octanol–water partition coefficient (Wildman–Crippen LogP) is 5.51. The quantitative estimate of drug-likeness (QED) is 0.368. The number of unbranched alkanes of at least 4 members (excludes halogenated alkanes) is 5. The molecule has 2 heteroatoms. The molecular weight excluding hydrogens is 258 g/mol. The lowest BCUT2D eigenvalue weighted by atomic mass is 9.83. The van der Waals surface area contributed by atoms with Crippen molar-refractivity contribution in [1.29, 1.82) is 0 Å². The Labute approximate surface area is 132 Å². The molecule has 0 aromatic rings. The molecule has 1 aliphatic heterocycles. The highest BCUT2D eigenvalue weighted by Gasteiger charge is 2.35. The molecular formula is C19H35NO. The molecule has 1 rings (SSSR count). The molecule has 1 saturated heterocycles. The molecule has 0 aromatic carbocycles. The lowest BCUT2D eigenvalue weighted by molar-refractivity contribution is -0.215. The molecule has 0 radical (unpaired) electrons. The Balaban J connectivity index is 2.47. The Kier molecular flexibility index (Phi) is 9.69. The average Bonchev–Trinajstić information content (AvgIpc) is 2.51. The normalized spacial score (nSPS) is 26.7. The van der Waals surface area contributed by atoms with Gasteiger partial charge in [-0.3, -0.25) is 0 Å². The van der Waals surface area contributed by atoms with Gasteiger partial charge in [-0.05, 0) is 31.6 Å². The maximum Gasteiger partial charge on any atom is 0.0575 e. The largest absolute Gasteiger partial charge is 0.302 e. The maximum atomic E-state index is 5.73. The summed E-state index contributed by atoms with van der Waals surface area (Å²) in [5, 5.41) is 2.24. The topological polar surface area (TPSA) is 12.5 Å². The van der Waals surface area contributed by atoms with E-state index in [4.69, 9.17) is 4.84 Å². The fourth-order valence-corrected chi connectivity index (χ4v) is 3.61. The smallest absolute Gasteiger partial charge is 0.0575 e. The van der Waals surface area contributed by atoms with Crippen LogP contribution < -0.4 is 0 Å². The Morgan fingerprint density at radius 3 is 2.43 bits per heavy atom. The highest BCUT2D eigenvalue weighted by Crippen LogP contribution is 2.33. The van der Waals surface area contributed by atoms with Crippen molar-refractivity contribution in [3.8, 4) is 0 Å². The first-order valence-electron chi connectivity index (χ1n) is 8.84. The van der Waals surface area contributed by atoms with Crippen molar-refractivity contribution in [3.05, 3.63) is 25.3 Å². The predicted molar refractivity (Wildman–Crippen MR) is 92.2 cm³/mol. The van der Waals surface area contributed by atoms with Gasteiger partial charge in [0.25, 0.3) is 0 Å². The Morgan fingerprint density at radius 1 is 1.10 bits per heavy atom. The molecule has 1 fully saturated rings. The van der Waals surface area contributed by atoms with Crippen LogP contribution in [0.2, 0.25) is 0 Å². The minimum absolute atomic E-state index is 0.494. The van der Waals surface area contributed by atoms with Crippen molar-refractivity contribution in [2.75, 3.05) is 7.11 Å². The molecule has 0 aromatic heterocycles. The van der Waals surface area contributed by atoms with Gasteiger partial charge in [0.2, 0.25) is 0 Å². The van der Waals surface area contributed by atoms with Crippen LogP contribution in [0.3, 0.4) is 0 Å². The Hall–Kier alpha value is -0.600. The number of hydrogen-bond donors (Lipinski definition) is 0. The van der Waals surface area contributed by atoms with Gasteiger partial charge in [0.05, 0.1) is 7.11 Å². The van der Waals surface area contributed by atoms with Crippen LogP contribution in [-0.4, -0.2) is 24.3 Å². The highest BCUT2D eigenvalue weighted by molar-refractivity contribution is 4.96. The Morgan fingerprint density at radius 2 is 1.81 bits per heavy atom. The molecule has 0 aliphatic carbocycles. The van der Waals surface area contributed by atoms with Gasteiger partial charge >= 0.3 is 0 Å². The van der Waals surface area contributed by atoms with E-state index < -0.39 is 0 Å². The lowest BCUT2D eigenvalue weighted by Crippen LogP contribution is -2.49. The third-order valence-electron chi connectivity index (χ3n) is 4.82. The monoisotopic (exact) mass is 293 g/mol. The van der Waals surface area contributed by atoms with Gasteiger partial charge in [-0.1, -0.05) is 57.6 Å². The summed E-state index contributed by atoms with van der Waals surface area (Å²) in [6, 6.07) is 0.992. The van der Waals surface area contributed by atoms with Crippen LogP contribution in [0.25, 0.3) is 0 Å². The van der Waals surface area contributed by atoms with Crippen molar-refractivity contribution >= 4 is 0 Å². The van der Waals surface area contributed by atoms with Crippen LogP contribution in [0.15, 0.2) is 25.3 Å². The minimum atomic E-state index is 0.494. The van der Waals surface area contributed by atoms with Gasteiger partial charge in [-0.15, -0.1) is 13.2 Å². The Bertz CT molecular complexity index is 289. The van der Waals surface area contributed by atoms with E-state index in [-0.39, 0.29) is 0 Å². The van der Waals surface area contributed by atoms with Gasteiger partial charge in [-0.25, -0.2) is 0 Å². The van der Waals surface area contributed by atoms with Crippen LogP contribution in [-0.2, 0) is 4.84 Å². The second-order valence-electron chi connectivity index (χ2n) is 6.32. The molecule has 0 saturated carbocycles. The van der Waals surface area contributed by atoms with Crippen molar-refractivity contribution in [3.63, 3.8) is 0 Å². The molecule has 0 spiro atoms. The second-order valence-corrected chi connectivity index (χ2v) is 6.32. The minimum Gasteiger partial charge on any atom is -0.302 e. The molecule has 0 amide bonds. The third kappa shape index (κ3) is 5.96. The van der Waals surface area contributed by atoms with E-state index in [1.54, 1.807) is 0 Å². The van der Waals surface area contributed by atoms with E-state index in [0.717, 1.165) is 6.42 Å². The maximum absolute atomic E-state index is 5.73. The first-order valence-corrected chi connectivity index (χ1v) is 8.84. The van der Waals surface area contributed by atoms with Gasteiger partial charge in [-0.2, -0.15) is 5.06 Å². The summed E-state index contributed by atoms with van der Waals surface area (Å²) in [6.45, 7) is 10.2. The van der Waals surface area contributed by atoms with E-state index in [0.29, 0.717) is 18.0 Å². The molecule has 2 nitrogen and oxygen atoms in total. The highest BCUT2D eigenvalue weighted by atomic mass is 16.7. The van der Waals surface area contributed by atoms with E-state index in [2.05, 4.69) is 31.2 Å². The van der Waals surface area contributed by atoms with Crippen LogP contribution in [0, 0.1) is 5.92 Å². The lowest BCUT2D eigenvalue weighted by Gasteiger charge is -2.44. The summed E-state index contributed by atoms with van der Waals surface area (Å²) in [7, 11) is 1.82. The third-order valence-corrected chi connectivity index (χ3v) is 4.82. The number of hydroxylamine groups is 2. The van der Waals surface area contributed by atoms with Gasteiger partial charge in [0, 0.05) is 12.1 Å². The average molecular weight is 293 g/mol. The molecule has 0 N–H and O–H groups in total. The number of rotatable bonds is 11. The van der Waals surface area contributed by atoms with E-state index in [1.807, 2.05) is 13.2 Å². The van der Waals surface area contributed by atoms with Crippen molar-refractivity contribution in [2.24, 2.45) is 5.92 Å². The van der Waals surface area contributed by atoms with E-state index >= 15 is 0 Å². The van der Waals surface area contributed by atoms with Crippen LogP contribution in [0.1, 0.15) is 71.1 Å². The summed E-state index contributed by atoms with van der Waals surface area (Å²) < 4.78 is 0. The number of piperidine rings is 1. The zero-order chi connectivity index (χ0) is 15.5. The first kappa shape index (κ1) is 18.4. The molecule has 0 unspecified atom stereocenters. The zero-order valence-electron chi connectivity index (χ0n) is 14.2. The molecule has 1 heterocycles. The zero-order valence-corrected chi connectivity index (χ0v) is 14.2. The first-order chi connectivity index (χ1) is 10.3. The summed E-state index contributed by atoms with van der Waals surface area (Å²) >= 11 is 0. The van der Waals surface area contributed by atoms with E-state index in [9.17, 15) is 0 Å².